The van der Waals surface area contributed by atoms with Crippen LogP contribution >= 0.6 is 11.8 Å². The maximum absolute atomic E-state index is 5.72. The zero-order valence-electron chi connectivity index (χ0n) is 12.8. The summed E-state index contributed by atoms with van der Waals surface area (Å²) in [6.07, 6.45) is 0. The summed E-state index contributed by atoms with van der Waals surface area (Å²) < 4.78 is 10.5. The number of hydrogen-bond donors (Lipinski definition) is 1. The van der Waals surface area contributed by atoms with Gasteiger partial charge in [0.1, 0.15) is 23.0 Å². The van der Waals surface area contributed by atoms with Crippen LogP contribution in [0.5, 0.6) is 5.75 Å². The van der Waals surface area contributed by atoms with E-state index in [1.54, 1.807) is 13.2 Å². The molecule has 2 N–H and O–H groups in total. The van der Waals surface area contributed by atoms with Gasteiger partial charge in [-0.1, -0.05) is 16.9 Å². The molecular weight excluding hydrogens is 312 g/mol. The third-order valence-electron chi connectivity index (χ3n) is 3.14. The van der Waals surface area contributed by atoms with Crippen LogP contribution in [0.3, 0.4) is 0 Å². The lowest BCUT2D eigenvalue weighted by Crippen LogP contribution is -1.96. The third-order valence-corrected chi connectivity index (χ3v) is 4.01. The van der Waals surface area contributed by atoms with E-state index in [4.69, 9.17) is 15.0 Å². The van der Waals surface area contributed by atoms with Gasteiger partial charge in [0, 0.05) is 23.4 Å². The van der Waals surface area contributed by atoms with E-state index in [0.29, 0.717) is 16.7 Å². The van der Waals surface area contributed by atoms with E-state index >= 15 is 0 Å². The number of anilines is 1. The normalized spacial score (nSPS) is 10.7. The van der Waals surface area contributed by atoms with Gasteiger partial charge in [-0.3, -0.25) is 0 Å². The highest BCUT2D eigenvalue weighted by Gasteiger charge is 2.09. The minimum atomic E-state index is 0.469. The third kappa shape index (κ3) is 3.81. The summed E-state index contributed by atoms with van der Waals surface area (Å²) in [4.78, 5) is 8.52. The van der Waals surface area contributed by atoms with E-state index in [2.05, 4.69) is 15.1 Å². The lowest BCUT2D eigenvalue weighted by molar-refractivity contribution is 0.397. The molecule has 0 unspecified atom stereocenters. The molecule has 0 saturated carbocycles. The molecule has 1 aromatic carbocycles. The molecular formula is C16H16N4O2S. The molecule has 6 nitrogen and oxygen atoms in total. The van der Waals surface area contributed by atoms with Gasteiger partial charge in [-0.15, -0.1) is 0 Å². The first-order chi connectivity index (χ1) is 11.1. The Morgan fingerprint density at radius 2 is 1.96 bits per heavy atom. The van der Waals surface area contributed by atoms with Gasteiger partial charge in [0.15, 0.2) is 5.16 Å². The van der Waals surface area contributed by atoms with E-state index in [0.717, 1.165) is 28.5 Å². The number of nitrogen functional groups attached to an aromatic ring is 1. The van der Waals surface area contributed by atoms with Crippen molar-refractivity contribution in [2.45, 2.75) is 17.8 Å². The van der Waals surface area contributed by atoms with Crippen LogP contribution in [-0.2, 0) is 5.75 Å². The number of nitrogens with two attached hydrogens (primary N) is 1. The average Bonchev–Trinajstić information content (AvgIpc) is 3.01. The van der Waals surface area contributed by atoms with Gasteiger partial charge in [-0.25, -0.2) is 9.97 Å². The first-order valence-corrected chi connectivity index (χ1v) is 7.96. The maximum atomic E-state index is 5.72. The van der Waals surface area contributed by atoms with Gasteiger partial charge in [-0.05, 0) is 31.2 Å². The SMILES string of the molecule is COc1ccc(-c2cc(CSc3nc(C)cc(N)n3)on2)cc1. The second-order valence-corrected chi connectivity index (χ2v) is 5.85. The maximum Gasteiger partial charge on any atom is 0.190 e. The molecule has 2 heterocycles. The topological polar surface area (TPSA) is 87.1 Å². The molecule has 0 aliphatic rings. The van der Waals surface area contributed by atoms with Gasteiger partial charge in [0.05, 0.1) is 12.9 Å². The quantitative estimate of drug-likeness (QED) is 0.568. The van der Waals surface area contributed by atoms with Gasteiger partial charge in [-0.2, -0.15) is 0 Å². The van der Waals surface area contributed by atoms with Crippen molar-refractivity contribution in [2.75, 3.05) is 12.8 Å². The van der Waals surface area contributed by atoms with Crippen molar-refractivity contribution >= 4 is 17.6 Å². The molecule has 0 aliphatic carbocycles. The van der Waals surface area contributed by atoms with Crippen molar-refractivity contribution in [3.63, 3.8) is 0 Å². The number of benzene rings is 1. The van der Waals surface area contributed by atoms with Crippen LogP contribution in [0.25, 0.3) is 11.3 Å². The Hall–Kier alpha value is -2.54. The van der Waals surface area contributed by atoms with Crippen molar-refractivity contribution in [1.29, 1.82) is 0 Å². The number of methoxy groups -OCH3 is 1. The highest BCUT2D eigenvalue weighted by Crippen LogP contribution is 2.25. The Morgan fingerprint density at radius 3 is 2.65 bits per heavy atom. The predicted molar refractivity (Wildman–Crippen MR) is 89.2 cm³/mol. The van der Waals surface area contributed by atoms with Crippen LogP contribution in [0.1, 0.15) is 11.5 Å². The van der Waals surface area contributed by atoms with Crippen LogP contribution in [0.15, 0.2) is 46.1 Å². The summed E-state index contributed by atoms with van der Waals surface area (Å²) in [7, 11) is 1.64. The van der Waals surface area contributed by atoms with Crippen LogP contribution in [0.2, 0.25) is 0 Å². The molecule has 3 aromatic rings. The molecule has 2 aromatic heterocycles. The molecule has 3 rings (SSSR count). The molecule has 0 saturated heterocycles. The lowest BCUT2D eigenvalue weighted by atomic mass is 10.1. The second-order valence-electron chi connectivity index (χ2n) is 4.91. The van der Waals surface area contributed by atoms with E-state index in [-0.39, 0.29) is 0 Å². The fourth-order valence-electron chi connectivity index (χ4n) is 2.04. The number of thioether (sulfide) groups is 1. The van der Waals surface area contributed by atoms with E-state index in [1.165, 1.54) is 11.8 Å². The van der Waals surface area contributed by atoms with Crippen molar-refractivity contribution in [3.05, 3.63) is 47.9 Å². The number of nitrogens with zero attached hydrogens (tertiary/aromatic N) is 3. The fraction of sp³-hybridized carbons (Fsp3) is 0.188. The highest BCUT2D eigenvalue weighted by atomic mass is 32.2. The van der Waals surface area contributed by atoms with Gasteiger partial charge in [0.2, 0.25) is 0 Å². The number of hydrogen-bond acceptors (Lipinski definition) is 7. The Kier molecular flexibility index (Phi) is 4.47. The first-order valence-electron chi connectivity index (χ1n) is 6.98. The fourth-order valence-corrected chi connectivity index (χ4v) is 2.83. The zero-order valence-corrected chi connectivity index (χ0v) is 13.6. The number of aromatic nitrogens is 3. The smallest absolute Gasteiger partial charge is 0.190 e. The Labute approximate surface area is 138 Å². The summed E-state index contributed by atoms with van der Waals surface area (Å²) in [5, 5.41) is 4.72. The number of rotatable bonds is 5. The molecule has 0 bridgehead atoms. The first kappa shape index (κ1) is 15.4. The minimum Gasteiger partial charge on any atom is -0.497 e. The molecule has 0 amide bonds. The standard InChI is InChI=1S/C16H16N4O2S/c1-10-7-15(17)19-16(18-10)23-9-13-8-14(20-22-13)11-3-5-12(21-2)6-4-11/h3-8H,9H2,1-2H3,(H2,17,18,19). The number of aryl methyl sites for hydroxylation is 1. The summed E-state index contributed by atoms with van der Waals surface area (Å²) in [5.74, 6) is 2.62. The van der Waals surface area contributed by atoms with E-state index < -0.39 is 0 Å². The average molecular weight is 328 g/mol. The summed E-state index contributed by atoms with van der Waals surface area (Å²) >= 11 is 1.46. The van der Waals surface area contributed by atoms with E-state index in [1.807, 2.05) is 37.3 Å². The van der Waals surface area contributed by atoms with Crippen LogP contribution in [-0.4, -0.2) is 22.2 Å². The molecule has 118 valence electrons. The van der Waals surface area contributed by atoms with Crippen molar-refractivity contribution in [2.24, 2.45) is 0 Å². The van der Waals surface area contributed by atoms with Gasteiger partial charge >= 0.3 is 0 Å². The zero-order chi connectivity index (χ0) is 16.2. The second kappa shape index (κ2) is 6.70. The molecule has 0 atom stereocenters. The summed E-state index contributed by atoms with van der Waals surface area (Å²) in [6.45, 7) is 1.89. The Bertz CT molecular complexity index is 782. The van der Waals surface area contributed by atoms with Crippen molar-refractivity contribution in [1.82, 2.24) is 15.1 Å². The predicted octanol–water partition coefficient (Wildman–Crippen LogP) is 3.32. The van der Waals surface area contributed by atoms with Gasteiger partial charge < -0.3 is 15.0 Å². The largest absolute Gasteiger partial charge is 0.497 e. The van der Waals surface area contributed by atoms with Crippen LogP contribution in [0.4, 0.5) is 5.82 Å². The molecule has 0 radical (unpaired) electrons. The monoisotopic (exact) mass is 328 g/mol. The molecule has 7 heteroatoms. The highest BCUT2D eigenvalue weighted by molar-refractivity contribution is 7.98. The molecule has 0 aliphatic heterocycles. The summed E-state index contributed by atoms with van der Waals surface area (Å²) in [6, 6.07) is 11.3. The van der Waals surface area contributed by atoms with Crippen LogP contribution in [0, 0.1) is 6.92 Å². The Morgan fingerprint density at radius 1 is 1.17 bits per heavy atom. The Balaban J connectivity index is 1.69. The minimum absolute atomic E-state index is 0.469. The lowest BCUT2D eigenvalue weighted by Gasteiger charge is -2.00. The molecule has 0 fully saturated rings. The molecule has 23 heavy (non-hydrogen) atoms. The van der Waals surface area contributed by atoms with Crippen molar-refractivity contribution in [3.8, 4) is 17.0 Å². The van der Waals surface area contributed by atoms with Crippen molar-refractivity contribution < 1.29 is 9.26 Å². The van der Waals surface area contributed by atoms with E-state index in [9.17, 15) is 0 Å². The van der Waals surface area contributed by atoms with Gasteiger partial charge in [0.25, 0.3) is 0 Å². The number of ether oxygens (including phenoxy) is 1. The van der Waals surface area contributed by atoms with Crippen LogP contribution < -0.4 is 10.5 Å². The molecule has 0 spiro atoms. The summed E-state index contributed by atoms with van der Waals surface area (Å²) in [5.41, 5.74) is 8.32.